The van der Waals surface area contributed by atoms with Crippen molar-refractivity contribution < 1.29 is 4.42 Å². The zero-order valence-corrected chi connectivity index (χ0v) is 10.6. The van der Waals surface area contributed by atoms with Crippen LogP contribution >= 0.6 is 27.5 Å². The summed E-state index contributed by atoms with van der Waals surface area (Å²) >= 11 is 9.44. The minimum Gasteiger partial charge on any atom is -0.472 e. The molecule has 2 aromatic rings. The predicted molar refractivity (Wildman–Crippen MR) is 67.0 cm³/mol. The fourth-order valence-electron chi connectivity index (χ4n) is 1.54. The largest absolute Gasteiger partial charge is 0.472 e. The van der Waals surface area contributed by atoms with Crippen LogP contribution < -0.4 is 11.3 Å². The highest BCUT2D eigenvalue weighted by molar-refractivity contribution is 9.10. The van der Waals surface area contributed by atoms with Gasteiger partial charge in [-0.3, -0.25) is 5.84 Å². The van der Waals surface area contributed by atoms with E-state index in [4.69, 9.17) is 21.9 Å². The van der Waals surface area contributed by atoms with Crippen LogP contribution in [-0.4, -0.2) is 0 Å². The molecular formula is C11H10BrClN2O. The van der Waals surface area contributed by atoms with Gasteiger partial charge in [-0.05, 0) is 29.8 Å². The second kappa shape index (κ2) is 5.01. The highest BCUT2D eigenvalue weighted by Crippen LogP contribution is 2.30. The van der Waals surface area contributed by atoms with Gasteiger partial charge in [0.1, 0.15) is 0 Å². The normalized spacial score (nSPS) is 12.7. The maximum Gasteiger partial charge on any atom is 0.0954 e. The molecule has 2 rings (SSSR count). The second-order valence-electron chi connectivity index (χ2n) is 3.32. The molecule has 3 N–H and O–H groups in total. The average Bonchev–Trinajstić information content (AvgIpc) is 2.78. The summed E-state index contributed by atoms with van der Waals surface area (Å²) in [6, 6.07) is 7.29. The summed E-state index contributed by atoms with van der Waals surface area (Å²) < 4.78 is 5.99. The number of hydrogen-bond acceptors (Lipinski definition) is 3. The van der Waals surface area contributed by atoms with Crippen molar-refractivity contribution in [2.75, 3.05) is 0 Å². The fraction of sp³-hybridized carbons (Fsp3) is 0.0909. The van der Waals surface area contributed by atoms with Crippen LogP contribution in [0, 0.1) is 0 Å². The third-order valence-electron chi connectivity index (χ3n) is 2.31. The van der Waals surface area contributed by atoms with Crippen molar-refractivity contribution in [2.24, 2.45) is 5.84 Å². The minimum atomic E-state index is -0.146. The molecule has 1 atom stereocenters. The predicted octanol–water partition coefficient (Wildman–Crippen LogP) is 3.25. The van der Waals surface area contributed by atoms with E-state index in [1.807, 2.05) is 24.3 Å². The molecule has 0 saturated carbocycles. The number of nitrogens with two attached hydrogens (primary N) is 1. The zero-order chi connectivity index (χ0) is 11.5. The van der Waals surface area contributed by atoms with Crippen LogP contribution in [0.15, 0.2) is 45.7 Å². The van der Waals surface area contributed by atoms with Gasteiger partial charge >= 0.3 is 0 Å². The zero-order valence-electron chi connectivity index (χ0n) is 8.28. The van der Waals surface area contributed by atoms with Crippen LogP contribution in [0.1, 0.15) is 17.2 Å². The molecule has 1 aromatic carbocycles. The molecule has 1 aromatic heterocycles. The Labute approximate surface area is 107 Å². The van der Waals surface area contributed by atoms with E-state index < -0.39 is 0 Å². The number of nitrogens with one attached hydrogen (secondary N) is 1. The topological polar surface area (TPSA) is 51.2 Å². The van der Waals surface area contributed by atoms with Crippen molar-refractivity contribution in [3.05, 3.63) is 57.4 Å². The summed E-state index contributed by atoms with van der Waals surface area (Å²) in [5, 5.41) is 0.668. The molecule has 0 spiro atoms. The molecule has 0 aliphatic carbocycles. The Morgan fingerprint density at radius 3 is 2.81 bits per heavy atom. The first-order chi connectivity index (χ1) is 7.72. The van der Waals surface area contributed by atoms with Crippen LogP contribution in [0.25, 0.3) is 0 Å². The van der Waals surface area contributed by atoms with Crippen LogP contribution in [0.3, 0.4) is 0 Å². The molecule has 0 bridgehead atoms. The Kier molecular flexibility index (Phi) is 3.66. The summed E-state index contributed by atoms with van der Waals surface area (Å²) in [6.45, 7) is 0. The van der Waals surface area contributed by atoms with Gasteiger partial charge < -0.3 is 4.42 Å². The Balaban J connectivity index is 2.44. The van der Waals surface area contributed by atoms with Gasteiger partial charge in [0.2, 0.25) is 0 Å². The lowest BCUT2D eigenvalue weighted by molar-refractivity contribution is 0.553. The number of benzene rings is 1. The van der Waals surface area contributed by atoms with E-state index in [-0.39, 0.29) is 6.04 Å². The van der Waals surface area contributed by atoms with E-state index in [1.54, 1.807) is 12.5 Å². The van der Waals surface area contributed by atoms with Crippen LogP contribution in [0.5, 0.6) is 0 Å². The molecule has 1 unspecified atom stereocenters. The Bertz CT molecular complexity index is 473. The van der Waals surface area contributed by atoms with Crippen LogP contribution in [0.4, 0.5) is 0 Å². The molecule has 84 valence electrons. The molecule has 1 heterocycles. The molecule has 5 heteroatoms. The van der Waals surface area contributed by atoms with Gasteiger partial charge in [0.25, 0.3) is 0 Å². The summed E-state index contributed by atoms with van der Waals surface area (Å²) in [4.78, 5) is 0. The van der Waals surface area contributed by atoms with Gasteiger partial charge in [0, 0.05) is 15.1 Å². The summed E-state index contributed by atoms with van der Waals surface area (Å²) in [7, 11) is 0. The number of halogens is 2. The first-order valence-electron chi connectivity index (χ1n) is 4.65. The molecule has 0 saturated heterocycles. The number of furan rings is 1. The highest BCUT2D eigenvalue weighted by atomic mass is 79.9. The molecular weight excluding hydrogens is 291 g/mol. The molecule has 0 radical (unpaired) electrons. The quantitative estimate of drug-likeness (QED) is 0.676. The first-order valence-corrected chi connectivity index (χ1v) is 5.82. The highest BCUT2D eigenvalue weighted by Gasteiger charge is 2.16. The SMILES string of the molecule is NNC(c1ccoc1)c1cc(Cl)ccc1Br. The summed E-state index contributed by atoms with van der Waals surface area (Å²) in [5.74, 6) is 5.56. The van der Waals surface area contributed by atoms with Gasteiger partial charge in [-0.2, -0.15) is 0 Å². The summed E-state index contributed by atoms with van der Waals surface area (Å²) in [5.41, 5.74) is 4.66. The average molecular weight is 302 g/mol. The monoisotopic (exact) mass is 300 g/mol. The third kappa shape index (κ3) is 2.30. The molecule has 3 nitrogen and oxygen atoms in total. The van der Waals surface area contributed by atoms with Gasteiger partial charge in [0.15, 0.2) is 0 Å². The standard InChI is InChI=1S/C11H10BrClN2O/c12-10-2-1-8(13)5-9(10)11(15-14)7-3-4-16-6-7/h1-6,11,15H,14H2. The second-order valence-corrected chi connectivity index (χ2v) is 4.61. The van der Waals surface area contributed by atoms with Gasteiger partial charge in [-0.1, -0.05) is 27.5 Å². The van der Waals surface area contributed by atoms with Crippen molar-refractivity contribution in [3.63, 3.8) is 0 Å². The summed E-state index contributed by atoms with van der Waals surface area (Å²) in [6.07, 6.45) is 3.26. The van der Waals surface area contributed by atoms with E-state index in [2.05, 4.69) is 21.4 Å². The molecule has 0 fully saturated rings. The fourth-order valence-corrected chi connectivity index (χ4v) is 2.20. The van der Waals surface area contributed by atoms with E-state index in [0.29, 0.717) is 5.02 Å². The Morgan fingerprint density at radius 1 is 1.38 bits per heavy atom. The van der Waals surface area contributed by atoms with E-state index >= 15 is 0 Å². The maximum atomic E-state index is 5.97. The van der Waals surface area contributed by atoms with Gasteiger partial charge in [-0.25, -0.2) is 5.43 Å². The molecule has 0 amide bonds. The number of hydrogen-bond donors (Lipinski definition) is 2. The van der Waals surface area contributed by atoms with Gasteiger partial charge in [0.05, 0.1) is 18.6 Å². The van der Waals surface area contributed by atoms with Crippen molar-refractivity contribution in [1.82, 2.24) is 5.43 Å². The van der Waals surface area contributed by atoms with E-state index in [9.17, 15) is 0 Å². The smallest absolute Gasteiger partial charge is 0.0954 e. The first kappa shape index (κ1) is 11.7. The third-order valence-corrected chi connectivity index (χ3v) is 3.27. The lowest BCUT2D eigenvalue weighted by Gasteiger charge is -2.16. The lowest BCUT2D eigenvalue weighted by Crippen LogP contribution is -2.28. The Morgan fingerprint density at radius 2 is 2.19 bits per heavy atom. The molecule has 0 aliphatic heterocycles. The van der Waals surface area contributed by atoms with Crippen molar-refractivity contribution in [2.45, 2.75) is 6.04 Å². The van der Waals surface area contributed by atoms with Crippen molar-refractivity contribution in [3.8, 4) is 0 Å². The van der Waals surface area contributed by atoms with Gasteiger partial charge in [-0.15, -0.1) is 0 Å². The van der Waals surface area contributed by atoms with E-state index in [1.165, 1.54) is 0 Å². The van der Waals surface area contributed by atoms with E-state index in [0.717, 1.165) is 15.6 Å². The van der Waals surface area contributed by atoms with Crippen molar-refractivity contribution >= 4 is 27.5 Å². The van der Waals surface area contributed by atoms with Crippen LogP contribution in [-0.2, 0) is 0 Å². The van der Waals surface area contributed by atoms with Crippen molar-refractivity contribution in [1.29, 1.82) is 0 Å². The number of rotatable bonds is 3. The maximum absolute atomic E-state index is 5.97. The molecule has 0 aliphatic rings. The lowest BCUT2D eigenvalue weighted by atomic mass is 10.0. The number of hydrazine groups is 1. The Hall–Kier alpha value is -0.810. The minimum absolute atomic E-state index is 0.146. The van der Waals surface area contributed by atoms with Crippen LogP contribution in [0.2, 0.25) is 5.02 Å². The molecule has 16 heavy (non-hydrogen) atoms.